The van der Waals surface area contributed by atoms with Crippen LogP contribution < -0.4 is 0 Å². The minimum atomic E-state index is -6.47. The zero-order valence-electron chi connectivity index (χ0n) is 8.25. The van der Waals surface area contributed by atoms with Gasteiger partial charge in [0.05, 0.1) is 0 Å². The van der Waals surface area contributed by atoms with Gasteiger partial charge in [-0.05, 0) is 0 Å². The molecule has 0 heterocycles. The van der Waals surface area contributed by atoms with Crippen molar-refractivity contribution in [3.63, 3.8) is 0 Å². The molecule has 0 amide bonds. The minimum absolute atomic E-state index is 3.69. The van der Waals surface area contributed by atoms with Crippen LogP contribution in [0.2, 0.25) is 0 Å². The number of alkyl halides is 10. The lowest BCUT2D eigenvalue weighted by Gasteiger charge is -2.25. The van der Waals surface area contributed by atoms with E-state index in [1.807, 2.05) is 0 Å². The maximum atomic E-state index is 12.5. The molecule has 0 saturated heterocycles. The van der Waals surface area contributed by atoms with Crippen LogP contribution >= 0.6 is 0 Å². The van der Waals surface area contributed by atoms with Crippen molar-refractivity contribution >= 4 is 11.6 Å². The number of hydrogen-bond acceptors (Lipinski definition) is 2. The summed E-state index contributed by atoms with van der Waals surface area (Å²) in [6.45, 7) is 0. The number of carbonyl (C=O) groups excluding carboxylic acids is 2. The lowest BCUT2D eigenvalue weighted by molar-refractivity contribution is -0.255. The summed E-state index contributed by atoms with van der Waals surface area (Å²) in [7, 11) is 0. The molecule has 0 fully saturated rings. The predicted molar refractivity (Wildman–Crippen MR) is 36.9 cm³/mol. The maximum absolute atomic E-state index is 12.5. The summed E-state index contributed by atoms with van der Waals surface area (Å²) in [6, 6.07) is 0. The molecule has 0 N–H and O–H groups in total. The Kier molecular flexibility index (Phi) is 4.61. The van der Waals surface area contributed by atoms with Crippen molar-refractivity contribution < 1.29 is 53.5 Å². The van der Waals surface area contributed by atoms with E-state index in [1.54, 1.807) is 0 Å². The van der Waals surface area contributed by atoms with Crippen LogP contribution in [0.1, 0.15) is 0 Å². The molecule has 0 aliphatic carbocycles. The van der Waals surface area contributed by atoms with E-state index in [1.165, 1.54) is 0 Å². The Morgan fingerprint density at radius 1 is 0.737 bits per heavy atom. The summed E-state index contributed by atoms with van der Waals surface area (Å²) < 4.78 is 120. The number of rotatable bonds is 5. The van der Waals surface area contributed by atoms with Gasteiger partial charge in [0.25, 0.3) is 5.78 Å². The van der Waals surface area contributed by atoms with Crippen LogP contribution in [0.25, 0.3) is 0 Å². The van der Waals surface area contributed by atoms with Gasteiger partial charge >= 0.3 is 24.4 Å². The number of ketones is 2. The van der Waals surface area contributed by atoms with Crippen LogP contribution in [0.5, 0.6) is 0 Å². The molecule has 0 aliphatic rings. The minimum Gasteiger partial charge on any atom is -0.289 e. The molecular weight excluding hydrogens is 306 g/mol. The van der Waals surface area contributed by atoms with Crippen molar-refractivity contribution in [1.82, 2.24) is 0 Å². The Labute approximate surface area is 96.9 Å². The quantitative estimate of drug-likeness (QED) is 0.578. The molecule has 0 radical (unpaired) electrons. The highest BCUT2D eigenvalue weighted by molar-refractivity contribution is 6.10. The van der Waals surface area contributed by atoms with Gasteiger partial charge in [-0.25, -0.2) is 13.2 Å². The fraction of sp³-hybridized carbons (Fsp3) is 0.714. The van der Waals surface area contributed by atoms with Gasteiger partial charge in [-0.3, -0.25) is 9.59 Å². The predicted octanol–water partition coefficient (Wildman–Crippen LogP) is 2.56. The number of carbonyl (C=O) groups is 2. The Hall–Kier alpha value is -1.36. The summed E-state index contributed by atoms with van der Waals surface area (Å²) in [6.07, 6.45) is -16.0. The highest BCUT2D eigenvalue weighted by Crippen LogP contribution is 2.41. The van der Waals surface area contributed by atoms with Crippen molar-refractivity contribution in [2.45, 2.75) is 30.6 Å². The van der Waals surface area contributed by atoms with Gasteiger partial charge in [0.15, 0.2) is 0 Å². The van der Waals surface area contributed by atoms with Crippen molar-refractivity contribution in [2.75, 3.05) is 0 Å². The van der Waals surface area contributed by atoms with E-state index in [9.17, 15) is 53.5 Å². The van der Waals surface area contributed by atoms with Crippen LogP contribution in [0.3, 0.4) is 0 Å². The summed E-state index contributed by atoms with van der Waals surface area (Å²) >= 11 is 0. The normalized spacial score (nSPS) is 15.5. The molecule has 2 nitrogen and oxygen atoms in total. The summed E-state index contributed by atoms with van der Waals surface area (Å²) in [5.74, 6) is -20.5. The average molecular weight is 308 g/mol. The first-order valence-electron chi connectivity index (χ1n) is 4.00. The lowest BCUT2D eigenvalue weighted by atomic mass is 10.0. The van der Waals surface area contributed by atoms with E-state index in [0.29, 0.717) is 0 Å². The first-order chi connectivity index (χ1) is 8.17. The molecule has 1 atom stereocenters. The fourth-order valence-corrected chi connectivity index (χ4v) is 0.723. The third-order valence-electron chi connectivity index (χ3n) is 1.74. The molecule has 19 heavy (non-hydrogen) atoms. The number of halogens is 10. The van der Waals surface area contributed by atoms with Crippen LogP contribution in [0.15, 0.2) is 0 Å². The molecule has 0 aliphatic heterocycles. The number of Topliss-reactive ketones (excluding diaryl/α,β-unsaturated/α-hetero) is 2. The first-order valence-corrected chi connectivity index (χ1v) is 4.00. The zero-order chi connectivity index (χ0) is 15.8. The fourth-order valence-electron chi connectivity index (χ4n) is 0.723. The molecule has 12 heteroatoms. The first kappa shape index (κ1) is 17.6. The molecule has 0 aromatic carbocycles. The molecule has 0 saturated carbocycles. The van der Waals surface area contributed by atoms with Crippen LogP contribution in [-0.4, -0.2) is 42.2 Å². The summed E-state index contributed by atoms with van der Waals surface area (Å²) in [5, 5.41) is 0. The molecule has 0 aromatic rings. The molecule has 112 valence electrons. The maximum Gasteiger partial charge on any atom is 0.453 e. The van der Waals surface area contributed by atoms with Crippen LogP contribution in [-0.2, 0) is 9.59 Å². The van der Waals surface area contributed by atoms with Crippen molar-refractivity contribution in [2.24, 2.45) is 0 Å². The second kappa shape index (κ2) is 4.96. The van der Waals surface area contributed by atoms with Gasteiger partial charge in [0.1, 0.15) is 0 Å². The molecule has 1 unspecified atom stereocenters. The van der Waals surface area contributed by atoms with E-state index < -0.39 is 42.2 Å². The summed E-state index contributed by atoms with van der Waals surface area (Å²) in [4.78, 5) is 20.4. The SMILES string of the molecule is O=C(C(F)C(=O)C(F)(F)C(F)(F)C(F)F)C(F)(F)F. The van der Waals surface area contributed by atoms with E-state index in [-0.39, 0.29) is 0 Å². The van der Waals surface area contributed by atoms with E-state index in [2.05, 4.69) is 0 Å². The van der Waals surface area contributed by atoms with Crippen LogP contribution in [0.4, 0.5) is 43.9 Å². The van der Waals surface area contributed by atoms with Crippen molar-refractivity contribution in [1.29, 1.82) is 0 Å². The van der Waals surface area contributed by atoms with Gasteiger partial charge in [0.2, 0.25) is 12.0 Å². The highest BCUT2D eigenvalue weighted by atomic mass is 19.4. The Balaban J connectivity index is 5.38. The molecular formula is C7H2F10O2. The standard InChI is InChI=1S/C7H2F10O2/c8-1(3(19)7(15,16)17)2(18)5(11,12)6(13,14)4(9)10/h1,4H. The largest absolute Gasteiger partial charge is 0.453 e. The smallest absolute Gasteiger partial charge is 0.289 e. The lowest BCUT2D eigenvalue weighted by Crippen LogP contribution is -2.56. The Bertz CT molecular complexity index is 371. The van der Waals surface area contributed by atoms with Gasteiger partial charge in [-0.2, -0.15) is 30.7 Å². The topological polar surface area (TPSA) is 34.1 Å². The van der Waals surface area contributed by atoms with E-state index >= 15 is 0 Å². The zero-order valence-corrected chi connectivity index (χ0v) is 8.25. The summed E-state index contributed by atoms with van der Waals surface area (Å²) in [5.41, 5.74) is 0. The third kappa shape index (κ3) is 3.15. The third-order valence-corrected chi connectivity index (χ3v) is 1.74. The van der Waals surface area contributed by atoms with E-state index in [4.69, 9.17) is 0 Å². The van der Waals surface area contributed by atoms with Gasteiger partial charge in [-0.15, -0.1) is 0 Å². The van der Waals surface area contributed by atoms with Crippen molar-refractivity contribution in [3.8, 4) is 0 Å². The molecule has 0 rings (SSSR count). The molecule has 0 aromatic heterocycles. The molecule has 0 bridgehead atoms. The Morgan fingerprint density at radius 2 is 1.11 bits per heavy atom. The second-order valence-electron chi connectivity index (χ2n) is 3.09. The molecule has 0 spiro atoms. The van der Waals surface area contributed by atoms with Gasteiger partial charge in [0, 0.05) is 0 Å². The number of hydrogen-bond donors (Lipinski definition) is 0. The Morgan fingerprint density at radius 3 is 1.37 bits per heavy atom. The van der Waals surface area contributed by atoms with Crippen LogP contribution in [0, 0.1) is 0 Å². The highest BCUT2D eigenvalue weighted by Gasteiger charge is 2.70. The average Bonchev–Trinajstić information content (AvgIpc) is 2.24. The monoisotopic (exact) mass is 308 g/mol. The van der Waals surface area contributed by atoms with Crippen molar-refractivity contribution in [3.05, 3.63) is 0 Å². The van der Waals surface area contributed by atoms with Gasteiger partial charge in [-0.1, -0.05) is 0 Å². The van der Waals surface area contributed by atoms with E-state index in [0.717, 1.165) is 0 Å². The van der Waals surface area contributed by atoms with Gasteiger partial charge < -0.3 is 0 Å². The second-order valence-corrected chi connectivity index (χ2v) is 3.09.